The minimum Gasteiger partial charge on any atom is -0.354 e. The number of amides is 2. The van der Waals surface area contributed by atoms with Gasteiger partial charge in [0.25, 0.3) is 0 Å². The van der Waals surface area contributed by atoms with Crippen LogP contribution in [0.1, 0.15) is 43.4 Å². The molecule has 6 heteroatoms. The minimum atomic E-state index is -0.541. The van der Waals surface area contributed by atoms with Crippen LogP contribution in [0.3, 0.4) is 0 Å². The fraction of sp³-hybridized carbons (Fsp3) is 0.391. The molecule has 4 nitrogen and oxygen atoms in total. The molecule has 2 amide bonds. The number of nitrogens with zero attached hydrogens (tertiary/aromatic N) is 1. The van der Waals surface area contributed by atoms with Gasteiger partial charge in [0.05, 0.1) is 6.42 Å². The fourth-order valence-electron chi connectivity index (χ4n) is 3.22. The van der Waals surface area contributed by atoms with Gasteiger partial charge >= 0.3 is 0 Å². The molecular formula is C23H28Cl2N2O2. The molecule has 156 valence electrons. The Balaban J connectivity index is 2.30. The maximum Gasteiger partial charge on any atom is 0.242 e. The second-order valence-electron chi connectivity index (χ2n) is 7.14. The average molecular weight is 435 g/mol. The van der Waals surface area contributed by atoms with E-state index < -0.39 is 6.04 Å². The van der Waals surface area contributed by atoms with Crippen molar-refractivity contribution in [2.75, 3.05) is 6.54 Å². The second-order valence-corrected chi connectivity index (χ2v) is 7.98. The monoisotopic (exact) mass is 434 g/mol. The van der Waals surface area contributed by atoms with Crippen molar-refractivity contribution in [1.29, 1.82) is 0 Å². The van der Waals surface area contributed by atoms with Gasteiger partial charge in [0, 0.05) is 23.1 Å². The third kappa shape index (κ3) is 6.76. The van der Waals surface area contributed by atoms with Crippen LogP contribution in [-0.2, 0) is 22.6 Å². The fourth-order valence-corrected chi connectivity index (χ4v) is 3.70. The average Bonchev–Trinajstić information content (AvgIpc) is 2.68. The summed E-state index contributed by atoms with van der Waals surface area (Å²) < 4.78 is 0. The van der Waals surface area contributed by atoms with Gasteiger partial charge in [-0.05, 0) is 43.0 Å². The highest BCUT2D eigenvalue weighted by molar-refractivity contribution is 6.35. The predicted octanol–water partition coefficient (Wildman–Crippen LogP) is 5.18. The Bertz CT molecular complexity index is 855. The van der Waals surface area contributed by atoms with Crippen molar-refractivity contribution in [2.24, 2.45) is 0 Å². The maximum atomic E-state index is 13.3. The van der Waals surface area contributed by atoms with E-state index in [0.717, 1.165) is 17.5 Å². The van der Waals surface area contributed by atoms with Gasteiger partial charge in [-0.3, -0.25) is 9.59 Å². The molecule has 0 spiro atoms. The summed E-state index contributed by atoms with van der Waals surface area (Å²) in [6, 6.07) is 12.5. The summed E-state index contributed by atoms with van der Waals surface area (Å²) in [5.41, 5.74) is 2.79. The molecule has 0 radical (unpaired) electrons. The maximum absolute atomic E-state index is 13.3. The number of halogens is 2. The summed E-state index contributed by atoms with van der Waals surface area (Å²) in [5, 5.41) is 3.89. The first-order valence-corrected chi connectivity index (χ1v) is 10.7. The quantitative estimate of drug-likeness (QED) is 0.590. The van der Waals surface area contributed by atoms with Crippen LogP contribution >= 0.6 is 23.2 Å². The predicted molar refractivity (Wildman–Crippen MR) is 119 cm³/mol. The number of nitrogens with one attached hydrogen (secondary N) is 1. The van der Waals surface area contributed by atoms with Gasteiger partial charge < -0.3 is 10.2 Å². The summed E-state index contributed by atoms with van der Waals surface area (Å²) in [7, 11) is 0. The minimum absolute atomic E-state index is 0.110. The van der Waals surface area contributed by atoms with Crippen molar-refractivity contribution >= 4 is 35.0 Å². The Morgan fingerprint density at radius 1 is 1.10 bits per heavy atom. The molecule has 29 heavy (non-hydrogen) atoms. The van der Waals surface area contributed by atoms with Crippen molar-refractivity contribution in [2.45, 2.75) is 52.6 Å². The van der Waals surface area contributed by atoms with E-state index in [1.54, 1.807) is 23.1 Å². The van der Waals surface area contributed by atoms with Crippen LogP contribution in [0.5, 0.6) is 0 Å². The van der Waals surface area contributed by atoms with E-state index in [4.69, 9.17) is 23.2 Å². The SMILES string of the molecule is CCCNC(=O)[C@H](CC)N(Cc1cccc(C)c1)C(=O)Cc1ccc(Cl)cc1Cl. The molecule has 0 aliphatic carbocycles. The molecule has 0 saturated heterocycles. The first-order valence-electron chi connectivity index (χ1n) is 9.92. The normalized spacial score (nSPS) is 11.8. The zero-order chi connectivity index (χ0) is 21.4. The second kappa shape index (κ2) is 11.2. The molecule has 0 aliphatic rings. The molecule has 0 saturated carbocycles. The van der Waals surface area contributed by atoms with E-state index in [-0.39, 0.29) is 18.2 Å². The number of benzene rings is 2. The number of carbonyl (C=O) groups excluding carboxylic acids is 2. The van der Waals surface area contributed by atoms with Crippen LogP contribution < -0.4 is 5.32 Å². The van der Waals surface area contributed by atoms with Gasteiger partial charge in [0.2, 0.25) is 11.8 Å². The summed E-state index contributed by atoms with van der Waals surface area (Å²) >= 11 is 12.2. The Hall–Kier alpha value is -2.04. The Morgan fingerprint density at radius 3 is 2.48 bits per heavy atom. The highest BCUT2D eigenvalue weighted by Crippen LogP contribution is 2.23. The standard InChI is InChI=1S/C23H28Cl2N2O2/c1-4-11-26-23(29)21(5-2)27(15-17-8-6-7-16(3)12-17)22(28)13-18-9-10-19(24)14-20(18)25/h6-10,12,14,21H,4-5,11,13,15H2,1-3H3,(H,26,29)/t21-/m0/s1. The Morgan fingerprint density at radius 2 is 1.86 bits per heavy atom. The zero-order valence-corrected chi connectivity index (χ0v) is 18.7. The van der Waals surface area contributed by atoms with Gasteiger partial charge in [-0.1, -0.05) is 72.9 Å². The topological polar surface area (TPSA) is 49.4 Å². The molecule has 0 fully saturated rings. The van der Waals surface area contributed by atoms with Crippen LogP contribution in [0.2, 0.25) is 10.0 Å². The molecule has 2 rings (SSSR count). The van der Waals surface area contributed by atoms with Crippen LogP contribution in [0.25, 0.3) is 0 Å². The first kappa shape index (κ1) is 23.2. The highest BCUT2D eigenvalue weighted by Gasteiger charge is 2.28. The first-order chi connectivity index (χ1) is 13.8. The van der Waals surface area contributed by atoms with Gasteiger partial charge in [0.15, 0.2) is 0 Å². The third-order valence-corrected chi connectivity index (χ3v) is 5.31. The number of rotatable bonds is 9. The summed E-state index contributed by atoms with van der Waals surface area (Å²) in [4.78, 5) is 27.7. The van der Waals surface area contributed by atoms with Crippen molar-refractivity contribution in [1.82, 2.24) is 10.2 Å². The third-order valence-electron chi connectivity index (χ3n) is 4.73. The summed E-state index contributed by atoms with van der Waals surface area (Å²) in [6.45, 7) is 6.88. The van der Waals surface area contributed by atoms with E-state index in [1.165, 1.54) is 0 Å². The van der Waals surface area contributed by atoms with Gasteiger partial charge in [0.1, 0.15) is 6.04 Å². The highest BCUT2D eigenvalue weighted by atomic mass is 35.5. The molecule has 0 unspecified atom stereocenters. The van der Waals surface area contributed by atoms with Crippen molar-refractivity contribution in [3.8, 4) is 0 Å². The Kier molecular flexibility index (Phi) is 8.99. The number of carbonyl (C=O) groups is 2. The van der Waals surface area contributed by atoms with E-state index in [9.17, 15) is 9.59 Å². The Labute approximate surface area is 183 Å². The summed E-state index contributed by atoms with van der Waals surface area (Å²) in [5.74, 6) is -0.271. The van der Waals surface area contributed by atoms with E-state index in [0.29, 0.717) is 35.1 Å². The van der Waals surface area contributed by atoms with Gasteiger partial charge in [-0.25, -0.2) is 0 Å². The largest absolute Gasteiger partial charge is 0.354 e. The van der Waals surface area contributed by atoms with Crippen LogP contribution in [0, 0.1) is 6.92 Å². The van der Waals surface area contributed by atoms with Crippen molar-refractivity contribution in [3.63, 3.8) is 0 Å². The van der Waals surface area contributed by atoms with E-state index in [2.05, 4.69) is 5.32 Å². The van der Waals surface area contributed by atoms with Crippen molar-refractivity contribution in [3.05, 3.63) is 69.2 Å². The molecule has 0 aliphatic heterocycles. The van der Waals surface area contributed by atoms with Crippen LogP contribution in [0.4, 0.5) is 0 Å². The van der Waals surface area contributed by atoms with Gasteiger partial charge in [-0.2, -0.15) is 0 Å². The zero-order valence-electron chi connectivity index (χ0n) is 17.2. The molecule has 0 heterocycles. The molecular weight excluding hydrogens is 407 g/mol. The van der Waals surface area contributed by atoms with Crippen molar-refractivity contribution < 1.29 is 9.59 Å². The number of hydrogen-bond acceptors (Lipinski definition) is 2. The lowest BCUT2D eigenvalue weighted by molar-refractivity contribution is -0.140. The number of hydrogen-bond donors (Lipinski definition) is 1. The number of aryl methyl sites for hydroxylation is 1. The molecule has 1 atom stereocenters. The molecule has 1 N–H and O–H groups in total. The molecule has 2 aromatic rings. The lowest BCUT2D eigenvalue weighted by Crippen LogP contribution is -2.49. The van der Waals surface area contributed by atoms with Crippen LogP contribution in [0.15, 0.2) is 42.5 Å². The van der Waals surface area contributed by atoms with Gasteiger partial charge in [-0.15, -0.1) is 0 Å². The van der Waals surface area contributed by atoms with E-state index >= 15 is 0 Å². The lowest BCUT2D eigenvalue weighted by atomic mass is 10.1. The smallest absolute Gasteiger partial charge is 0.242 e. The molecule has 0 bridgehead atoms. The molecule has 0 aromatic heterocycles. The lowest BCUT2D eigenvalue weighted by Gasteiger charge is -2.31. The molecule has 2 aromatic carbocycles. The van der Waals surface area contributed by atoms with Crippen LogP contribution in [-0.4, -0.2) is 29.3 Å². The summed E-state index contributed by atoms with van der Waals surface area (Å²) in [6.07, 6.45) is 1.48. The van der Waals surface area contributed by atoms with E-state index in [1.807, 2.05) is 45.0 Å².